The SMILES string of the molecule is CCCNC(CCc1cccs1)c1c(C)nn(C)c1C. The average molecular weight is 291 g/mol. The van der Waals surface area contributed by atoms with Crippen LogP contribution in [-0.2, 0) is 13.5 Å². The Balaban J connectivity index is 2.13. The third-order valence-electron chi connectivity index (χ3n) is 3.81. The highest BCUT2D eigenvalue weighted by Crippen LogP contribution is 2.26. The van der Waals surface area contributed by atoms with Crippen LogP contribution >= 0.6 is 11.3 Å². The Hall–Kier alpha value is -1.13. The second kappa shape index (κ2) is 7.04. The van der Waals surface area contributed by atoms with Gasteiger partial charge in [-0.3, -0.25) is 4.68 Å². The number of nitrogens with zero attached hydrogens (tertiary/aromatic N) is 2. The van der Waals surface area contributed by atoms with Gasteiger partial charge in [-0.15, -0.1) is 11.3 Å². The van der Waals surface area contributed by atoms with Crippen molar-refractivity contribution in [2.75, 3.05) is 6.54 Å². The molecule has 2 rings (SSSR count). The fraction of sp³-hybridized carbons (Fsp3) is 0.562. The van der Waals surface area contributed by atoms with Gasteiger partial charge in [-0.1, -0.05) is 13.0 Å². The summed E-state index contributed by atoms with van der Waals surface area (Å²) in [6, 6.07) is 4.77. The van der Waals surface area contributed by atoms with E-state index in [0.29, 0.717) is 6.04 Å². The molecule has 1 N–H and O–H groups in total. The van der Waals surface area contributed by atoms with Crippen molar-refractivity contribution >= 4 is 11.3 Å². The van der Waals surface area contributed by atoms with E-state index in [1.165, 1.54) is 16.1 Å². The number of aromatic nitrogens is 2. The van der Waals surface area contributed by atoms with Gasteiger partial charge < -0.3 is 5.32 Å². The zero-order valence-corrected chi connectivity index (χ0v) is 13.8. The summed E-state index contributed by atoms with van der Waals surface area (Å²) in [5.41, 5.74) is 3.82. The normalized spacial score (nSPS) is 12.8. The number of nitrogens with one attached hydrogen (secondary N) is 1. The lowest BCUT2D eigenvalue weighted by molar-refractivity contribution is 0.496. The highest BCUT2D eigenvalue weighted by atomic mass is 32.1. The van der Waals surface area contributed by atoms with Crippen molar-refractivity contribution < 1.29 is 0 Å². The van der Waals surface area contributed by atoms with E-state index < -0.39 is 0 Å². The summed E-state index contributed by atoms with van der Waals surface area (Å²) < 4.78 is 2.00. The molecule has 0 aromatic carbocycles. The van der Waals surface area contributed by atoms with Crippen molar-refractivity contribution in [1.29, 1.82) is 0 Å². The Morgan fingerprint density at radius 3 is 2.75 bits per heavy atom. The molecule has 20 heavy (non-hydrogen) atoms. The molecule has 110 valence electrons. The highest BCUT2D eigenvalue weighted by Gasteiger charge is 2.19. The van der Waals surface area contributed by atoms with Gasteiger partial charge in [0.2, 0.25) is 0 Å². The molecular weight excluding hydrogens is 266 g/mol. The first-order valence-corrected chi connectivity index (χ1v) is 8.27. The van der Waals surface area contributed by atoms with Gasteiger partial charge in [0.25, 0.3) is 0 Å². The van der Waals surface area contributed by atoms with Crippen LogP contribution in [0.3, 0.4) is 0 Å². The zero-order valence-electron chi connectivity index (χ0n) is 12.9. The second-order valence-corrected chi connectivity index (χ2v) is 6.37. The molecule has 2 aromatic heterocycles. The van der Waals surface area contributed by atoms with E-state index in [-0.39, 0.29) is 0 Å². The first-order valence-electron chi connectivity index (χ1n) is 7.39. The summed E-state index contributed by atoms with van der Waals surface area (Å²) in [6.07, 6.45) is 3.43. The molecule has 0 saturated heterocycles. The second-order valence-electron chi connectivity index (χ2n) is 5.33. The Morgan fingerprint density at radius 1 is 1.40 bits per heavy atom. The summed E-state index contributed by atoms with van der Waals surface area (Å²) in [6.45, 7) is 7.56. The minimum atomic E-state index is 0.408. The van der Waals surface area contributed by atoms with Crippen LogP contribution in [0.25, 0.3) is 0 Å². The molecule has 0 fully saturated rings. The van der Waals surface area contributed by atoms with Gasteiger partial charge in [0.1, 0.15) is 0 Å². The lowest BCUT2D eigenvalue weighted by Crippen LogP contribution is -2.23. The molecule has 1 unspecified atom stereocenters. The van der Waals surface area contributed by atoms with Gasteiger partial charge in [-0.25, -0.2) is 0 Å². The molecule has 2 heterocycles. The van der Waals surface area contributed by atoms with Crippen molar-refractivity contribution in [2.45, 2.75) is 46.1 Å². The van der Waals surface area contributed by atoms with Gasteiger partial charge in [-0.2, -0.15) is 5.10 Å². The molecule has 0 aliphatic rings. The molecule has 2 aromatic rings. The van der Waals surface area contributed by atoms with E-state index in [4.69, 9.17) is 0 Å². The monoisotopic (exact) mass is 291 g/mol. The van der Waals surface area contributed by atoms with Crippen molar-refractivity contribution in [2.24, 2.45) is 7.05 Å². The fourth-order valence-electron chi connectivity index (χ4n) is 2.70. The minimum absolute atomic E-state index is 0.408. The van der Waals surface area contributed by atoms with E-state index in [0.717, 1.165) is 31.5 Å². The average Bonchev–Trinajstić information content (AvgIpc) is 3.01. The lowest BCUT2D eigenvalue weighted by Gasteiger charge is -2.19. The summed E-state index contributed by atoms with van der Waals surface area (Å²) >= 11 is 1.85. The highest BCUT2D eigenvalue weighted by molar-refractivity contribution is 7.09. The molecule has 4 heteroatoms. The number of hydrogen-bond donors (Lipinski definition) is 1. The smallest absolute Gasteiger partial charge is 0.0644 e. The minimum Gasteiger partial charge on any atom is -0.310 e. The fourth-order valence-corrected chi connectivity index (χ4v) is 3.43. The van der Waals surface area contributed by atoms with E-state index in [1.54, 1.807) is 0 Å². The van der Waals surface area contributed by atoms with Crippen LogP contribution < -0.4 is 5.32 Å². The van der Waals surface area contributed by atoms with Gasteiger partial charge in [0.05, 0.1) is 5.69 Å². The standard InChI is InChI=1S/C16H25N3S/c1-5-10-17-15(9-8-14-7-6-11-20-14)16-12(2)18-19(4)13(16)3/h6-7,11,15,17H,5,8-10H2,1-4H3. The van der Waals surface area contributed by atoms with Crippen LogP contribution in [0, 0.1) is 13.8 Å². The molecule has 0 aliphatic heterocycles. The molecule has 0 saturated carbocycles. The van der Waals surface area contributed by atoms with E-state index >= 15 is 0 Å². The van der Waals surface area contributed by atoms with E-state index in [9.17, 15) is 0 Å². The van der Waals surface area contributed by atoms with Gasteiger partial charge in [0.15, 0.2) is 0 Å². The first-order chi connectivity index (χ1) is 9.63. The third kappa shape index (κ3) is 3.49. The summed E-state index contributed by atoms with van der Waals surface area (Å²) in [5.74, 6) is 0. The lowest BCUT2D eigenvalue weighted by atomic mass is 9.99. The predicted octanol–water partition coefficient (Wildman–Crippen LogP) is 3.77. The molecule has 0 bridgehead atoms. The van der Waals surface area contributed by atoms with Crippen molar-refractivity contribution in [1.82, 2.24) is 15.1 Å². The summed E-state index contributed by atoms with van der Waals surface area (Å²) in [4.78, 5) is 1.47. The number of aryl methyl sites for hydroxylation is 3. The van der Waals surface area contributed by atoms with Crippen LogP contribution in [0.1, 0.15) is 47.6 Å². The molecule has 3 nitrogen and oxygen atoms in total. The van der Waals surface area contributed by atoms with Gasteiger partial charge in [0, 0.05) is 29.2 Å². The molecule has 0 spiro atoms. The molecule has 0 radical (unpaired) electrons. The van der Waals surface area contributed by atoms with Crippen LogP contribution in [0.4, 0.5) is 0 Å². The van der Waals surface area contributed by atoms with Crippen LogP contribution in [0.15, 0.2) is 17.5 Å². The van der Waals surface area contributed by atoms with Crippen LogP contribution in [0.5, 0.6) is 0 Å². The van der Waals surface area contributed by atoms with Gasteiger partial charge >= 0.3 is 0 Å². The largest absolute Gasteiger partial charge is 0.310 e. The molecule has 0 amide bonds. The van der Waals surface area contributed by atoms with Crippen molar-refractivity contribution in [3.63, 3.8) is 0 Å². The van der Waals surface area contributed by atoms with Crippen LogP contribution in [-0.4, -0.2) is 16.3 Å². The number of hydrogen-bond acceptors (Lipinski definition) is 3. The van der Waals surface area contributed by atoms with E-state index in [2.05, 4.69) is 48.7 Å². The maximum Gasteiger partial charge on any atom is 0.0644 e. The number of thiophene rings is 1. The molecular formula is C16H25N3S. The molecule has 1 atom stereocenters. The topological polar surface area (TPSA) is 29.9 Å². The Bertz CT molecular complexity index is 528. The Labute approximate surface area is 126 Å². The quantitative estimate of drug-likeness (QED) is 0.841. The van der Waals surface area contributed by atoms with Gasteiger partial charge in [-0.05, 0) is 51.1 Å². The summed E-state index contributed by atoms with van der Waals surface area (Å²) in [5, 5.41) is 10.4. The number of rotatable bonds is 7. The summed E-state index contributed by atoms with van der Waals surface area (Å²) in [7, 11) is 2.03. The third-order valence-corrected chi connectivity index (χ3v) is 4.75. The maximum atomic E-state index is 4.56. The maximum absolute atomic E-state index is 4.56. The first kappa shape index (κ1) is 15.3. The Morgan fingerprint density at radius 2 is 2.20 bits per heavy atom. The van der Waals surface area contributed by atoms with Crippen molar-refractivity contribution in [3.8, 4) is 0 Å². The van der Waals surface area contributed by atoms with Crippen LogP contribution in [0.2, 0.25) is 0 Å². The van der Waals surface area contributed by atoms with E-state index in [1.807, 2.05) is 23.1 Å². The zero-order chi connectivity index (χ0) is 14.5. The molecule has 0 aliphatic carbocycles. The predicted molar refractivity (Wildman–Crippen MR) is 86.4 cm³/mol. The Kier molecular flexibility index (Phi) is 5.38. The van der Waals surface area contributed by atoms with Crippen molar-refractivity contribution in [3.05, 3.63) is 39.3 Å².